The van der Waals surface area contributed by atoms with Gasteiger partial charge in [-0.1, -0.05) is 35.8 Å². The average molecular weight is 442 g/mol. The first-order valence-electron chi connectivity index (χ1n) is 7.87. The van der Waals surface area contributed by atoms with Gasteiger partial charge in [-0.15, -0.1) is 0 Å². The highest BCUT2D eigenvalue weighted by Gasteiger charge is 2.38. The van der Waals surface area contributed by atoms with Gasteiger partial charge < -0.3 is 0 Å². The van der Waals surface area contributed by atoms with E-state index in [0.29, 0.717) is 5.56 Å². The lowest BCUT2D eigenvalue weighted by Crippen LogP contribution is -2.51. The fraction of sp³-hybridized carbons (Fsp3) is 0.294. The summed E-state index contributed by atoms with van der Waals surface area (Å²) in [6.07, 6.45) is 3.12. The van der Waals surface area contributed by atoms with Crippen LogP contribution in [0, 0.1) is 5.92 Å². The number of carbonyl (C=O) groups is 1. The minimum atomic E-state index is -4.00. The molecule has 2 rings (SSSR count). The third-order valence-corrected chi connectivity index (χ3v) is 6.17. The molecular formula is C17H20BrN3O4S. The van der Waals surface area contributed by atoms with E-state index in [-0.39, 0.29) is 17.4 Å². The molecule has 0 saturated heterocycles. The minimum Gasteiger partial charge on any atom is -0.289 e. The van der Waals surface area contributed by atoms with Crippen LogP contribution in [0.5, 0.6) is 0 Å². The topological polar surface area (TPSA) is 99.6 Å². The average Bonchev–Trinajstić information content (AvgIpc) is 2.62. The Morgan fingerprint density at radius 1 is 1.27 bits per heavy atom. The summed E-state index contributed by atoms with van der Waals surface area (Å²) in [7, 11) is -4.00. The van der Waals surface area contributed by atoms with Crippen molar-refractivity contribution in [1.82, 2.24) is 14.8 Å². The number of hydroxylamine groups is 1. The quantitative estimate of drug-likeness (QED) is 0.507. The Morgan fingerprint density at radius 2 is 1.92 bits per heavy atom. The van der Waals surface area contributed by atoms with Gasteiger partial charge in [0.1, 0.15) is 6.04 Å². The molecule has 0 bridgehead atoms. The zero-order chi connectivity index (χ0) is 19.3. The van der Waals surface area contributed by atoms with Crippen LogP contribution in [0.25, 0.3) is 0 Å². The lowest BCUT2D eigenvalue weighted by molar-refractivity contribution is -0.134. The van der Waals surface area contributed by atoms with Crippen LogP contribution in [0.1, 0.15) is 19.4 Å². The Labute approximate surface area is 161 Å². The van der Waals surface area contributed by atoms with Gasteiger partial charge in [-0.05, 0) is 41.8 Å². The number of benzene rings is 1. The Morgan fingerprint density at radius 3 is 2.42 bits per heavy atom. The first kappa shape index (κ1) is 20.5. The normalized spacial score (nSPS) is 13.0. The van der Waals surface area contributed by atoms with Crippen molar-refractivity contribution < 1.29 is 18.4 Å². The van der Waals surface area contributed by atoms with Gasteiger partial charge >= 0.3 is 0 Å². The molecule has 140 valence electrons. The third kappa shape index (κ3) is 4.67. The number of sulfonamides is 1. The van der Waals surface area contributed by atoms with E-state index < -0.39 is 22.0 Å². The molecule has 0 saturated carbocycles. The Hall–Kier alpha value is -1.81. The van der Waals surface area contributed by atoms with Crippen LogP contribution in [0.4, 0.5) is 0 Å². The van der Waals surface area contributed by atoms with Crippen molar-refractivity contribution in [3.63, 3.8) is 0 Å². The number of nitrogens with one attached hydrogen (secondary N) is 1. The molecule has 0 fully saturated rings. The Bertz CT molecular complexity index is 842. The summed E-state index contributed by atoms with van der Waals surface area (Å²) in [4.78, 5) is 16.3. The van der Waals surface area contributed by atoms with Gasteiger partial charge in [0.2, 0.25) is 10.0 Å². The van der Waals surface area contributed by atoms with Gasteiger partial charge in [-0.3, -0.25) is 15.0 Å². The molecule has 9 heteroatoms. The summed E-state index contributed by atoms with van der Waals surface area (Å²) < 4.78 is 28.3. The summed E-state index contributed by atoms with van der Waals surface area (Å²) in [6.45, 7) is 3.38. The summed E-state index contributed by atoms with van der Waals surface area (Å²) in [5.74, 6) is -1.16. The summed E-state index contributed by atoms with van der Waals surface area (Å²) in [5.41, 5.74) is 2.21. The molecule has 1 amide bonds. The first-order chi connectivity index (χ1) is 12.3. The number of pyridine rings is 1. The Balaban J connectivity index is 2.54. The van der Waals surface area contributed by atoms with Gasteiger partial charge in [0, 0.05) is 23.4 Å². The maximum Gasteiger partial charge on any atom is 0.262 e. The van der Waals surface area contributed by atoms with Gasteiger partial charge in [-0.2, -0.15) is 4.31 Å². The van der Waals surface area contributed by atoms with E-state index in [1.54, 1.807) is 56.0 Å². The number of rotatable bonds is 7. The smallest absolute Gasteiger partial charge is 0.262 e. The highest BCUT2D eigenvalue weighted by molar-refractivity contribution is 9.10. The second-order valence-electron chi connectivity index (χ2n) is 6.03. The molecule has 0 spiro atoms. The molecule has 0 radical (unpaired) electrons. The summed E-state index contributed by atoms with van der Waals surface area (Å²) >= 11 is 3.28. The molecule has 0 aliphatic rings. The molecule has 2 N–H and O–H groups in total. The molecule has 0 aliphatic carbocycles. The van der Waals surface area contributed by atoms with Crippen LogP contribution in [-0.4, -0.2) is 34.9 Å². The first-order valence-corrected chi connectivity index (χ1v) is 10.1. The predicted molar refractivity (Wildman–Crippen MR) is 99.7 cm³/mol. The second kappa shape index (κ2) is 8.72. The van der Waals surface area contributed by atoms with Gasteiger partial charge in [0.15, 0.2) is 0 Å². The molecule has 1 heterocycles. The Kier molecular flexibility index (Phi) is 6.87. The van der Waals surface area contributed by atoms with Crippen LogP contribution in [0.2, 0.25) is 0 Å². The fourth-order valence-electron chi connectivity index (χ4n) is 2.58. The van der Waals surface area contributed by atoms with Crippen LogP contribution in [-0.2, 0) is 21.4 Å². The number of amides is 1. The van der Waals surface area contributed by atoms with Crippen molar-refractivity contribution in [2.24, 2.45) is 5.92 Å². The van der Waals surface area contributed by atoms with E-state index in [1.807, 2.05) is 0 Å². The monoisotopic (exact) mass is 441 g/mol. The fourth-order valence-corrected chi connectivity index (χ4v) is 4.55. The molecule has 1 aromatic carbocycles. The van der Waals surface area contributed by atoms with E-state index in [1.165, 1.54) is 12.1 Å². The van der Waals surface area contributed by atoms with Crippen molar-refractivity contribution in [3.05, 3.63) is 58.8 Å². The highest BCUT2D eigenvalue weighted by atomic mass is 79.9. The van der Waals surface area contributed by atoms with Crippen LogP contribution in [0.3, 0.4) is 0 Å². The van der Waals surface area contributed by atoms with E-state index >= 15 is 0 Å². The third-order valence-electron chi connectivity index (χ3n) is 3.80. The van der Waals surface area contributed by atoms with Crippen LogP contribution in [0.15, 0.2) is 58.2 Å². The zero-order valence-electron chi connectivity index (χ0n) is 14.3. The lowest BCUT2D eigenvalue weighted by Gasteiger charge is -2.31. The lowest BCUT2D eigenvalue weighted by atomic mass is 10.0. The van der Waals surface area contributed by atoms with Gasteiger partial charge in [0.25, 0.3) is 5.91 Å². The van der Waals surface area contributed by atoms with Crippen molar-refractivity contribution >= 4 is 31.9 Å². The zero-order valence-corrected chi connectivity index (χ0v) is 16.7. The molecule has 1 aromatic heterocycles. The second-order valence-corrected chi connectivity index (χ2v) is 8.84. The highest BCUT2D eigenvalue weighted by Crippen LogP contribution is 2.25. The van der Waals surface area contributed by atoms with Crippen molar-refractivity contribution in [2.75, 3.05) is 0 Å². The van der Waals surface area contributed by atoms with E-state index in [2.05, 4.69) is 20.9 Å². The molecule has 0 aliphatic heterocycles. The van der Waals surface area contributed by atoms with E-state index in [9.17, 15) is 13.2 Å². The number of carbonyl (C=O) groups excluding carboxylic acids is 1. The number of hydrogen-bond donors (Lipinski definition) is 2. The number of nitrogens with zero attached hydrogens (tertiary/aromatic N) is 2. The van der Waals surface area contributed by atoms with Crippen molar-refractivity contribution in [3.8, 4) is 0 Å². The molecule has 1 atom stereocenters. The van der Waals surface area contributed by atoms with Crippen LogP contribution >= 0.6 is 15.9 Å². The van der Waals surface area contributed by atoms with Crippen LogP contribution < -0.4 is 5.48 Å². The molecule has 7 nitrogen and oxygen atoms in total. The van der Waals surface area contributed by atoms with E-state index in [0.717, 1.165) is 8.78 Å². The predicted octanol–water partition coefficient (Wildman–Crippen LogP) is 2.57. The summed E-state index contributed by atoms with van der Waals surface area (Å²) in [6, 6.07) is 8.49. The molecular weight excluding hydrogens is 422 g/mol. The van der Waals surface area contributed by atoms with Crippen molar-refractivity contribution in [1.29, 1.82) is 0 Å². The standard InChI is InChI=1S/C17H20BrN3O4S/c1-12(2)16(17(22)20-23)21(11-13-4-3-9-19-10-13)26(24,25)15-7-5-14(18)6-8-15/h3-10,12,16,23H,11H2,1-2H3,(H,20,22). The number of halogens is 1. The van der Waals surface area contributed by atoms with Crippen molar-refractivity contribution in [2.45, 2.75) is 31.3 Å². The van der Waals surface area contributed by atoms with Gasteiger partial charge in [-0.25, -0.2) is 13.9 Å². The SMILES string of the molecule is CC(C)C(C(=O)NO)N(Cc1cccnc1)S(=O)(=O)c1ccc(Br)cc1. The maximum atomic E-state index is 13.2. The maximum absolute atomic E-state index is 13.2. The molecule has 1 unspecified atom stereocenters. The minimum absolute atomic E-state index is 0.0531. The van der Waals surface area contributed by atoms with Gasteiger partial charge in [0.05, 0.1) is 4.90 Å². The molecule has 2 aromatic rings. The number of aromatic nitrogens is 1. The summed E-state index contributed by atoms with van der Waals surface area (Å²) in [5, 5.41) is 9.10. The molecule has 26 heavy (non-hydrogen) atoms. The number of hydrogen-bond acceptors (Lipinski definition) is 5. The largest absolute Gasteiger partial charge is 0.289 e. The van der Waals surface area contributed by atoms with E-state index in [4.69, 9.17) is 5.21 Å².